The number of carbonyl (C=O) groups is 2. The number of Topliss-reactive ketones (excluding diaryl/α,β-unsaturated/α-hetero) is 1. The number of rotatable bonds is 4. The first kappa shape index (κ1) is 16.1. The minimum absolute atomic E-state index is 0.121. The summed E-state index contributed by atoms with van der Waals surface area (Å²) in [5, 5.41) is 0. The lowest BCUT2D eigenvalue weighted by atomic mass is 10.0. The Bertz CT molecular complexity index is 868. The molecule has 0 unspecified atom stereocenters. The summed E-state index contributed by atoms with van der Waals surface area (Å²) in [6, 6.07) is 7.23. The highest BCUT2D eigenvalue weighted by Crippen LogP contribution is 2.20. The first-order chi connectivity index (χ1) is 11.5. The van der Waals surface area contributed by atoms with Gasteiger partial charge in [0.2, 0.25) is 0 Å². The number of hydrogen-bond acceptors (Lipinski definition) is 4. The van der Waals surface area contributed by atoms with E-state index < -0.39 is 5.97 Å². The van der Waals surface area contributed by atoms with Crippen LogP contribution in [0, 0.1) is 5.82 Å². The molecule has 0 aliphatic carbocycles. The van der Waals surface area contributed by atoms with Gasteiger partial charge in [-0.25, -0.2) is 9.18 Å². The first-order valence-electron chi connectivity index (χ1n) is 7.72. The molecule has 5 nitrogen and oxygen atoms in total. The van der Waals surface area contributed by atoms with E-state index in [4.69, 9.17) is 4.74 Å². The Kier molecular flexibility index (Phi) is 4.29. The predicted octanol–water partition coefficient (Wildman–Crippen LogP) is 2.34. The Labute approximate surface area is 137 Å². The molecule has 0 atom stereocenters. The van der Waals surface area contributed by atoms with E-state index in [1.165, 1.54) is 22.8 Å². The van der Waals surface area contributed by atoms with Crippen LogP contribution in [0.2, 0.25) is 0 Å². The van der Waals surface area contributed by atoms with Crippen molar-refractivity contribution >= 4 is 11.8 Å². The molecular weight excluding hydrogens is 313 g/mol. The number of nitrogens with zero attached hydrogens (tertiary/aromatic N) is 1. The van der Waals surface area contributed by atoms with Crippen LogP contribution < -0.4 is 5.56 Å². The minimum Gasteiger partial charge on any atom is -0.462 e. The minimum atomic E-state index is -0.614. The number of ether oxygens (including phenoxy) is 1. The van der Waals surface area contributed by atoms with Crippen molar-refractivity contribution in [1.82, 2.24) is 4.57 Å². The van der Waals surface area contributed by atoms with Crippen molar-refractivity contribution in [2.75, 3.05) is 6.61 Å². The maximum Gasteiger partial charge on any atom is 0.340 e. The lowest BCUT2D eigenvalue weighted by Gasteiger charge is -2.11. The quantitative estimate of drug-likeness (QED) is 0.808. The fourth-order valence-corrected chi connectivity index (χ4v) is 2.88. The molecule has 24 heavy (non-hydrogen) atoms. The van der Waals surface area contributed by atoms with Gasteiger partial charge in [-0.15, -0.1) is 0 Å². The maximum absolute atomic E-state index is 13.0. The Hall–Kier alpha value is -2.76. The van der Waals surface area contributed by atoms with Crippen LogP contribution in [0.25, 0.3) is 0 Å². The van der Waals surface area contributed by atoms with Crippen molar-refractivity contribution in [3.05, 3.63) is 68.9 Å². The van der Waals surface area contributed by atoms with Crippen molar-refractivity contribution < 1.29 is 18.7 Å². The standard InChI is InChI=1S/C18H16FNO4/c1-2-24-18(23)14-10-12(9-11-3-5-13(19)6-4-11)17(22)20-8-7-15(21)16(14)20/h3-6,10H,2,7-9H2,1H3. The average Bonchev–Trinajstić information content (AvgIpc) is 2.95. The number of fused-ring (bicyclic) bond motifs is 1. The van der Waals surface area contributed by atoms with Crippen LogP contribution in [-0.4, -0.2) is 22.9 Å². The molecule has 0 spiro atoms. The van der Waals surface area contributed by atoms with Gasteiger partial charge < -0.3 is 9.30 Å². The molecule has 0 N–H and O–H groups in total. The molecule has 3 rings (SSSR count). The third-order valence-corrected chi connectivity index (χ3v) is 3.99. The third kappa shape index (κ3) is 2.87. The van der Waals surface area contributed by atoms with Gasteiger partial charge >= 0.3 is 5.97 Å². The topological polar surface area (TPSA) is 65.4 Å². The SMILES string of the molecule is CCOC(=O)c1cc(Cc2ccc(F)cc2)c(=O)n2c1C(=O)CC2. The second-order valence-electron chi connectivity index (χ2n) is 5.59. The molecule has 0 amide bonds. The number of carbonyl (C=O) groups excluding carboxylic acids is 2. The highest BCUT2D eigenvalue weighted by Gasteiger charge is 2.29. The second-order valence-corrected chi connectivity index (χ2v) is 5.59. The number of pyridine rings is 1. The highest BCUT2D eigenvalue weighted by molar-refractivity contribution is 6.06. The van der Waals surface area contributed by atoms with E-state index in [1.807, 2.05) is 0 Å². The van der Waals surface area contributed by atoms with Crippen molar-refractivity contribution in [3.63, 3.8) is 0 Å². The number of esters is 1. The summed E-state index contributed by atoms with van der Waals surface area (Å²) >= 11 is 0. The van der Waals surface area contributed by atoms with E-state index in [0.29, 0.717) is 5.56 Å². The van der Waals surface area contributed by atoms with E-state index >= 15 is 0 Å². The van der Waals surface area contributed by atoms with Crippen LogP contribution in [-0.2, 0) is 17.7 Å². The molecule has 2 aromatic rings. The van der Waals surface area contributed by atoms with E-state index in [9.17, 15) is 18.8 Å². The third-order valence-electron chi connectivity index (χ3n) is 3.99. The summed E-state index contributed by atoms with van der Waals surface area (Å²) in [6.45, 7) is 2.12. The lowest BCUT2D eigenvalue weighted by Crippen LogP contribution is -2.27. The number of benzene rings is 1. The van der Waals surface area contributed by atoms with Crippen molar-refractivity contribution in [2.45, 2.75) is 26.3 Å². The van der Waals surface area contributed by atoms with Gasteiger partial charge in [0.25, 0.3) is 5.56 Å². The zero-order valence-electron chi connectivity index (χ0n) is 13.2. The van der Waals surface area contributed by atoms with Crippen molar-refractivity contribution in [3.8, 4) is 0 Å². The van der Waals surface area contributed by atoms with Gasteiger partial charge in [0.05, 0.1) is 12.2 Å². The van der Waals surface area contributed by atoms with E-state index in [0.717, 1.165) is 5.56 Å². The number of aromatic nitrogens is 1. The van der Waals surface area contributed by atoms with E-state index in [2.05, 4.69) is 0 Å². The number of halogens is 1. The summed E-state index contributed by atoms with van der Waals surface area (Å²) in [5.74, 6) is -1.21. The number of hydrogen-bond donors (Lipinski definition) is 0. The monoisotopic (exact) mass is 329 g/mol. The molecule has 0 radical (unpaired) electrons. The molecule has 0 saturated heterocycles. The van der Waals surface area contributed by atoms with Gasteiger partial charge in [0.15, 0.2) is 5.78 Å². The van der Waals surface area contributed by atoms with Crippen LogP contribution >= 0.6 is 0 Å². The van der Waals surface area contributed by atoms with Gasteiger partial charge in [-0.05, 0) is 30.7 Å². The van der Waals surface area contributed by atoms with E-state index in [1.54, 1.807) is 19.1 Å². The van der Waals surface area contributed by atoms with Crippen LogP contribution in [0.1, 0.15) is 45.3 Å². The van der Waals surface area contributed by atoms with E-state index in [-0.39, 0.29) is 54.4 Å². The number of ketones is 1. The molecule has 6 heteroatoms. The predicted molar refractivity (Wildman–Crippen MR) is 84.8 cm³/mol. The Morgan fingerprint density at radius 2 is 1.96 bits per heavy atom. The molecule has 1 aromatic heterocycles. The normalized spacial score (nSPS) is 13.0. The second kappa shape index (κ2) is 6.39. The Balaban J connectivity index is 2.09. The van der Waals surface area contributed by atoms with Gasteiger partial charge in [0.1, 0.15) is 11.5 Å². The summed E-state index contributed by atoms with van der Waals surface area (Å²) < 4.78 is 19.4. The molecule has 1 aliphatic heterocycles. The van der Waals surface area contributed by atoms with Gasteiger partial charge in [-0.2, -0.15) is 0 Å². The maximum atomic E-state index is 13.0. The summed E-state index contributed by atoms with van der Waals surface area (Å²) in [6.07, 6.45) is 0.446. The summed E-state index contributed by atoms with van der Waals surface area (Å²) in [7, 11) is 0. The summed E-state index contributed by atoms with van der Waals surface area (Å²) in [4.78, 5) is 36.8. The van der Waals surface area contributed by atoms with Gasteiger partial charge in [0, 0.05) is 24.9 Å². The largest absolute Gasteiger partial charge is 0.462 e. The molecule has 124 valence electrons. The molecule has 1 aliphatic rings. The highest BCUT2D eigenvalue weighted by atomic mass is 19.1. The molecule has 0 bridgehead atoms. The molecular formula is C18H16FNO4. The van der Waals surface area contributed by atoms with Gasteiger partial charge in [-0.3, -0.25) is 9.59 Å². The van der Waals surface area contributed by atoms with Crippen molar-refractivity contribution in [2.24, 2.45) is 0 Å². The Morgan fingerprint density at radius 1 is 1.25 bits per heavy atom. The van der Waals surface area contributed by atoms with Crippen LogP contribution in [0.5, 0.6) is 0 Å². The van der Waals surface area contributed by atoms with Crippen molar-refractivity contribution in [1.29, 1.82) is 0 Å². The Morgan fingerprint density at radius 3 is 2.62 bits per heavy atom. The lowest BCUT2D eigenvalue weighted by molar-refractivity contribution is 0.0522. The van der Waals surface area contributed by atoms with Crippen LogP contribution in [0.4, 0.5) is 4.39 Å². The fourth-order valence-electron chi connectivity index (χ4n) is 2.88. The van der Waals surface area contributed by atoms with Crippen LogP contribution in [0.3, 0.4) is 0 Å². The summed E-state index contributed by atoms with van der Waals surface area (Å²) in [5.41, 5.74) is 1.07. The smallest absolute Gasteiger partial charge is 0.340 e. The van der Waals surface area contributed by atoms with Crippen LogP contribution in [0.15, 0.2) is 35.1 Å². The molecule has 0 fully saturated rings. The average molecular weight is 329 g/mol. The fraction of sp³-hybridized carbons (Fsp3) is 0.278. The molecule has 1 aromatic carbocycles. The zero-order valence-corrected chi connectivity index (χ0v) is 13.2. The molecule has 2 heterocycles. The first-order valence-corrected chi connectivity index (χ1v) is 7.72. The van der Waals surface area contributed by atoms with Gasteiger partial charge in [-0.1, -0.05) is 12.1 Å². The zero-order chi connectivity index (χ0) is 17.3. The molecule has 0 saturated carbocycles.